The quantitative estimate of drug-likeness (QED) is 0.767. The summed E-state index contributed by atoms with van der Waals surface area (Å²) in [6.07, 6.45) is 2.84. The third-order valence-corrected chi connectivity index (χ3v) is 2.77. The van der Waals surface area contributed by atoms with E-state index in [9.17, 15) is 5.11 Å². The Morgan fingerprint density at radius 2 is 2.06 bits per heavy atom. The maximum absolute atomic E-state index is 10.1. The van der Waals surface area contributed by atoms with Crippen molar-refractivity contribution >= 4 is 5.82 Å². The maximum atomic E-state index is 10.1. The van der Waals surface area contributed by atoms with Crippen LogP contribution in [0, 0.1) is 0 Å². The second kappa shape index (κ2) is 5.65. The second-order valence-corrected chi connectivity index (χ2v) is 3.73. The highest BCUT2D eigenvalue weighted by atomic mass is 16.5. The molecule has 1 aromatic heterocycles. The van der Waals surface area contributed by atoms with Gasteiger partial charge in [-0.25, -0.2) is 9.97 Å². The van der Waals surface area contributed by atoms with Crippen LogP contribution in [0.25, 0.3) is 0 Å². The summed E-state index contributed by atoms with van der Waals surface area (Å²) in [5.74, 6) is 1.17. The number of ether oxygens (including phenoxy) is 1. The fourth-order valence-electron chi connectivity index (χ4n) is 1.30. The second-order valence-electron chi connectivity index (χ2n) is 3.73. The van der Waals surface area contributed by atoms with Crippen LogP contribution < -0.4 is 10.1 Å². The zero-order valence-electron chi connectivity index (χ0n) is 10.0. The molecule has 0 fully saturated rings. The van der Waals surface area contributed by atoms with Gasteiger partial charge >= 0.3 is 0 Å². The summed E-state index contributed by atoms with van der Waals surface area (Å²) in [6, 6.07) is 1.70. The zero-order chi connectivity index (χ0) is 12.0. The third-order valence-electron chi connectivity index (χ3n) is 2.77. The minimum atomic E-state index is -0.682. The smallest absolute Gasteiger partial charge is 0.218 e. The van der Waals surface area contributed by atoms with Crippen molar-refractivity contribution in [3.63, 3.8) is 0 Å². The van der Waals surface area contributed by atoms with E-state index in [2.05, 4.69) is 15.3 Å². The van der Waals surface area contributed by atoms with Crippen LogP contribution in [0.4, 0.5) is 5.82 Å². The van der Waals surface area contributed by atoms with Gasteiger partial charge in [0.15, 0.2) is 0 Å². The van der Waals surface area contributed by atoms with Crippen molar-refractivity contribution in [3.8, 4) is 5.88 Å². The number of nitrogens with one attached hydrogen (secondary N) is 1. The van der Waals surface area contributed by atoms with Crippen LogP contribution >= 0.6 is 0 Å². The molecule has 5 heteroatoms. The van der Waals surface area contributed by atoms with Crippen molar-refractivity contribution in [1.82, 2.24) is 9.97 Å². The van der Waals surface area contributed by atoms with Gasteiger partial charge in [0.05, 0.1) is 12.7 Å². The van der Waals surface area contributed by atoms with E-state index in [-0.39, 0.29) is 0 Å². The standard InChI is InChI=1S/C11H19N3O2/c1-4-11(15,5-2)7-12-9-6-10(16-3)14-8-13-9/h6,8,15H,4-5,7H2,1-3H3,(H,12,13,14). The van der Waals surface area contributed by atoms with Crippen molar-refractivity contribution in [2.45, 2.75) is 32.3 Å². The third kappa shape index (κ3) is 3.34. The summed E-state index contributed by atoms with van der Waals surface area (Å²) in [7, 11) is 1.56. The highest BCUT2D eigenvalue weighted by Crippen LogP contribution is 2.16. The number of aliphatic hydroxyl groups is 1. The van der Waals surface area contributed by atoms with E-state index in [4.69, 9.17) is 4.74 Å². The lowest BCUT2D eigenvalue weighted by molar-refractivity contribution is 0.0456. The first-order valence-electron chi connectivity index (χ1n) is 5.46. The Bertz CT molecular complexity index is 327. The predicted molar refractivity (Wildman–Crippen MR) is 62.6 cm³/mol. The molecule has 1 heterocycles. The molecule has 0 spiro atoms. The van der Waals surface area contributed by atoms with Gasteiger partial charge in [-0.05, 0) is 12.8 Å². The predicted octanol–water partition coefficient (Wildman–Crippen LogP) is 1.45. The molecule has 0 radical (unpaired) electrons. The Morgan fingerprint density at radius 3 is 2.62 bits per heavy atom. The van der Waals surface area contributed by atoms with E-state index in [1.54, 1.807) is 13.2 Å². The molecule has 0 aliphatic rings. The summed E-state index contributed by atoms with van der Waals surface area (Å²) in [4.78, 5) is 7.95. The lowest BCUT2D eigenvalue weighted by Gasteiger charge is -2.25. The van der Waals surface area contributed by atoms with Gasteiger partial charge in [-0.15, -0.1) is 0 Å². The van der Waals surface area contributed by atoms with Crippen LogP contribution in [0.3, 0.4) is 0 Å². The normalized spacial score (nSPS) is 11.2. The SMILES string of the molecule is CCC(O)(CC)CNc1cc(OC)ncn1. The number of nitrogens with zero attached hydrogens (tertiary/aromatic N) is 2. The first-order chi connectivity index (χ1) is 7.63. The van der Waals surface area contributed by atoms with Crippen LogP contribution in [0.2, 0.25) is 0 Å². The molecular formula is C11H19N3O2. The van der Waals surface area contributed by atoms with Gasteiger partial charge in [-0.1, -0.05) is 13.8 Å². The topological polar surface area (TPSA) is 67.3 Å². The van der Waals surface area contributed by atoms with Gasteiger partial charge in [-0.3, -0.25) is 0 Å². The largest absolute Gasteiger partial charge is 0.481 e. The molecule has 0 atom stereocenters. The molecule has 2 N–H and O–H groups in total. The Balaban J connectivity index is 2.60. The Kier molecular flexibility index (Phi) is 4.49. The molecule has 0 aromatic carbocycles. The van der Waals surface area contributed by atoms with E-state index < -0.39 is 5.60 Å². The lowest BCUT2D eigenvalue weighted by atomic mass is 9.98. The molecule has 5 nitrogen and oxygen atoms in total. The minimum absolute atomic E-state index is 0.472. The summed E-state index contributed by atoms with van der Waals surface area (Å²) < 4.78 is 4.99. The van der Waals surface area contributed by atoms with Gasteiger partial charge in [0.2, 0.25) is 5.88 Å². The fraction of sp³-hybridized carbons (Fsp3) is 0.636. The van der Waals surface area contributed by atoms with E-state index in [0.29, 0.717) is 31.1 Å². The summed E-state index contributed by atoms with van der Waals surface area (Å²) >= 11 is 0. The average Bonchev–Trinajstić information content (AvgIpc) is 2.36. The number of rotatable bonds is 6. The number of anilines is 1. The Morgan fingerprint density at radius 1 is 1.38 bits per heavy atom. The molecule has 0 saturated carbocycles. The molecule has 90 valence electrons. The molecule has 0 unspecified atom stereocenters. The van der Waals surface area contributed by atoms with Crippen LogP contribution in [0.5, 0.6) is 5.88 Å². The van der Waals surface area contributed by atoms with Crippen molar-refractivity contribution in [2.75, 3.05) is 19.0 Å². The molecule has 0 aliphatic carbocycles. The van der Waals surface area contributed by atoms with Crippen molar-refractivity contribution in [2.24, 2.45) is 0 Å². The molecule has 0 saturated heterocycles. The maximum Gasteiger partial charge on any atom is 0.218 e. The van der Waals surface area contributed by atoms with Crippen LogP contribution in [0.1, 0.15) is 26.7 Å². The highest BCUT2D eigenvalue weighted by molar-refractivity contribution is 5.37. The molecule has 0 aliphatic heterocycles. The number of hydrogen-bond acceptors (Lipinski definition) is 5. The Labute approximate surface area is 95.9 Å². The molecule has 16 heavy (non-hydrogen) atoms. The van der Waals surface area contributed by atoms with Crippen LogP contribution in [0.15, 0.2) is 12.4 Å². The minimum Gasteiger partial charge on any atom is -0.481 e. The van der Waals surface area contributed by atoms with E-state index in [1.165, 1.54) is 6.33 Å². The van der Waals surface area contributed by atoms with Gasteiger partial charge in [0.1, 0.15) is 12.1 Å². The van der Waals surface area contributed by atoms with Gasteiger partial charge < -0.3 is 15.2 Å². The van der Waals surface area contributed by atoms with Gasteiger partial charge in [-0.2, -0.15) is 0 Å². The highest BCUT2D eigenvalue weighted by Gasteiger charge is 2.21. The van der Waals surface area contributed by atoms with E-state index in [0.717, 1.165) is 0 Å². The number of methoxy groups -OCH3 is 1. The summed E-state index contributed by atoms with van der Waals surface area (Å²) in [5.41, 5.74) is -0.682. The van der Waals surface area contributed by atoms with Crippen LogP contribution in [-0.2, 0) is 0 Å². The average molecular weight is 225 g/mol. The van der Waals surface area contributed by atoms with Crippen molar-refractivity contribution < 1.29 is 9.84 Å². The molecular weight excluding hydrogens is 206 g/mol. The number of aromatic nitrogens is 2. The summed E-state index contributed by atoms with van der Waals surface area (Å²) in [6.45, 7) is 4.40. The van der Waals surface area contributed by atoms with Crippen molar-refractivity contribution in [3.05, 3.63) is 12.4 Å². The monoisotopic (exact) mass is 225 g/mol. The van der Waals surface area contributed by atoms with Gasteiger partial charge in [0, 0.05) is 12.6 Å². The zero-order valence-corrected chi connectivity index (χ0v) is 10.0. The van der Waals surface area contributed by atoms with Crippen molar-refractivity contribution in [1.29, 1.82) is 0 Å². The fourth-order valence-corrected chi connectivity index (χ4v) is 1.30. The first kappa shape index (κ1) is 12.7. The lowest BCUT2D eigenvalue weighted by Crippen LogP contribution is -2.35. The molecule has 1 aromatic rings. The van der Waals surface area contributed by atoms with Gasteiger partial charge in [0.25, 0.3) is 0 Å². The van der Waals surface area contributed by atoms with E-state index in [1.807, 2.05) is 13.8 Å². The summed E-state index contributed by atoms with van der Waals surface area (Å²) in [5, 5.41) is 13.2. The van der Waals surface area contributed by atoms with Crippen LogP contribution in [-0.4, -0.2) is 34.3 Å². The van der Waals surface area contributed by atoms with E-state index >= 15 is 0 Å². The molecule has 1 rings (SSSR count). The Hall–Kier alpha value is -1.36. The molecule has 0 amide bonds. The number of hydrogen-bond donors (Lipinski definition) is 2. The molecule has 0 bridgehead atoms. The first-order valence-corrected chi connectivity index (χ1v) is 5.46.